The van der Waals surface area contributed by atoms with E-state index in [-0.39, 0.29) is 0 Å². The second kappa shape index (κ2) is 9.02. The number of aromatic nitrogens is 3. The van der Waals surface area contributed by atoms with Crippen LogP contribution in [-0.2, 0) is 20.0 Å². The number of thiophene rings is 1. The Morgan fingerprint density at radius 3 is 2.75 bits per heavy atom. The Labute approximate surface area is 170 Å². The fraction of sp³-hybridized carbons (Fsp3) is 0.632. The molecule has 0 aromatic carbocycles. The Balaban J connectivity index is 1.35. The van der Waals surface area contributed by atoms with Crippen LogP contribution in [0.25, 0.3) is 0 Å². The largest absolute Gasteiger partial charge is 0.356 e. The van der Waals surface area contributed by atoms with E-state index in [0.717, 1.165) is 43.7 Å². The summed E-state index contributed by atoms with van der Waals surface area (Å²) < 4.78 is 1.99. The number of fused-ring (bicyclic) bond motifs is 3. The molecule has 28 heavy (non-hydrogen) atoms. The van der Waals surface area contributed by atoms with Gasteiger partial charge in [-0.25, -0.2) is 4.99 Å². The number of nitrogens with zero attached hydrogens (tertiary/aromatic N) is 6. The van der Waals surface area contributed by atoms with Gasteiger partial charge in [-0.15, -0.1) is 21.5 Å². The molecule has 1 unspecified atom stereocenters. The van der Waals surface area contributed by atoms with Crippen molar-refractivity contribution >= 4 is 17.3 Å². The second-order valence-corrected chi connectivity index (χ2v) is 8.55. The lowest BCUT2D eigenvalue weighted by Gasteiger charge is -2.47. The highest BCUT2D eigenvalue weighted by atomic mass is 32.1. The van der Waals surface area contributed by atoms with Gasteiger partial charge in [-0.2, -0.15) is 0 Å². The second-order valence-electron chi connectivity index (χ2n) is 7.51. The molecule has 3 saturated heterocycles. The van der Waals surface area contributed by atoms with Crippen molar-refractivity contribution in [3.05, 3.63) is 34.0 Å². The van der Waals surface area contributed by atoms with Gasteiger partial charge >= 0.3 is 0 Å². The molecule has 9 heteroatoms. The van der Waals surface area contributed by atoms with Gasteiger partial charge in [-0.3, -0.25) is 9.80 Å². The number of piperazine rings is 3. The number of aryl methyl sites for hydroxylation is 1. The lowest BCUT2D eigenvalue weighted by molar-refractivity contribution is 0.0154. The molecule has 2 bridgehead atoms. The van der Waals surface area contributed by atoms with Crippen molar-refractivity contribution in [2.45, 2.75) is 25.9 Å². The smallest absolute Gasteiger partial charge is 0.191 e. The van der Waals surface area contributed by atoms with E-state index in [1.54, 1.807) is 11.3 Å². The van der Waals surface area contributed by atoms with Crippen LogP contribution in [0.4, 0.5) is 0 Å². The number of hydrogen-bond donors (Lipinski definition) is 2. The number of rotatable bonds is 7. The molecule has 1 atom stereocenters. The van der Waals surface area contributed by atoms with Gasteiger partial charge in [-0.1, -0.05) is 6.07 Å². The van der Waals surface area contributed by atoms with Crippen molar-refractivity contribution in [2.75, 3.05) is 45.8 Å². The first-order valence-corrected chi connectivity index (χ1v) is 10.9. The maximum atomic E-state index is 4.78. The minimum Gasteiger partial charge on any atom is -0.356 e. The fourth-order valence-electron chi connectivity index (χ4n) is 3.80. The minimum atomic E-state index is 0.520. The summed E-state index contributed by atoms with van der Waals surface area (Å²) in [5.41, 5.74) is 0. The highest BCUT2D eigenvalue weighted by Crippen LogP contribution is 2.14. The SMILES string of the molecule is Cc1nnc(CN=C(NCCc2cccs2)NCC2CN3CCN2CC3)n1C. The molecule has 3 aliphatic heterocycles. The summed E-state index contributed by atoms with van der Waals surface area (Å²) in [5.74, 6) is 2.64. The van der Waals surface area contributed by atoms with Crippen LogP contribution < -0.4 is 10.6 Å². The van der Waals surface area contributed by atoms with Crippen LogP contribution in [0.3, 0.4) is 0 Å². The zero-order chi connectivity index (χ0) is 19.3. The zero-order valence-electron chi connectivity index (χ0n) is 16.8. The molecular formula is C19H30N8S. The fourth-order valence-corrected chi connectivity index (χ4v) is 4.51. The molecule has 0 aliphatic carbocycles. The van der Waals surface area contributed by atoms with Gasteiger partial charge in [0.15, 0.2) is 11.8 Å². The van der Waals surface area contributed by atoms with E-state index in [1.165, 1.54) is 31.1 Å². The zero-order valence-corrected chi connectivity index (χ0v) is 17.6. The standard InChI is InChI=1S/C19H30N8S/c1-15-23-24-18(25(15)2)13-22-19(20-6-5-17-4-3-11-28-17)21-12-16-14-26-7-9-27(16)10-8-26/h3-4,11,16H,5-10,12-14H2,1-2H3,(H2,20,21,22). The molecule has 2 aromatic heterocycles. The Hall–Kier alpha value is -1.97. The Morgan fingerprint density at radius 2 is 2.11 bits per heavy atom. The van der Waals surface area contributed by atoms with E-state index < -0.39 is 0 Å². The minimum absolute atomic E-state index is 0.520. The van der Waals surface area contributed by atoms with Gasteiger partial charge in [-0.05, 0) is 24.8 Å². The summed E-state index contributed by atoms with van der Waals surface area (Å²) in [6, 6.07) is 4.84. The highest BCUT2D eigenvalue weighted by Gasteiger charge is 2.31. The summed E-state index contributed by atoms with van der Waals surface area (Å²) in [7, 11) is 1.98. The predicted molar refractivity (Wildman–Crippen MR) is 113 cm³/mol. The number of guanidine groups is 1. The van der Waals surface area contributed by atoms with E-state index >= 15 is 0 Å². The van der Waals surface area contributed by atoms with Gasteiger partial charge in [0.25, 0.3) is 0 Å². The van der Waals surface area contributed by atoms with Crippen molar-refractivity contribution in [1.29, 1.82) is 0 Å². The van der Waals surface area contributed by atoms with Crippen LogP contribution in [-0.4, -0.2) is 82.4 Å². The first-order chi connectivity index (χ1) is 13.7. The van der Waals surface area contributed by atoms with E-state index in [1.807, 2.05) is 18.5 Å². The summed E-state index contributed by atoms with van der Waals surface area (Å²) in [6.07, 6.45) is 1.00. The maximum Gasteiger partial charge on any atom is 0.191 e. The van der Waals surface area contributed by atoms with Crippen LogP contribution >= 0.6 is 11.3 Å². The van der Waals surface area contributed by atoms with E-state index in [9.17, 15) is 0 Å². The molecule has 0 amide bonds. The van der Waals surface area contributed by atoms with Gasteiger partial charge in [0.1, 0.15) is 12.4 Å². The molecule has 0 saturated carbocycles. The molecule has 3 aliphatic rings. The number of hydrogen-bond acceptors (Lipinski definition) is 6. The molecule has 2 aromatic rings. The van der Waals surface area contributed by atoms with Crippen LogP contribution in [0.2, 0.25) is 0 Å². The average Bonchev–Trinajstić information content (AvgIpc) is 3.35. The summed E-state index contributed by atoms with van der Waals surface area (Å²) in [6.45, 7) is 10.2. The van der Waals surface area contributed by atoms with Gasteiger partial charge in [0, 0.05) is 63.8 Å². The molecule has 3 fully saturated rings. The van der Waals surface area contributed by atoms with Gasteiger partial charge < -0.3 is 15.2 Å². The number of nitrogens with one attached hydrogen (secondary N) is 2. The van der Waals surface area contributed by atoms with Crippen LogP contribution in [0.1, 0.15) is 16.5 Å². The van der Waals surface area contributed by atoms with Crippen LogP contribution in [0.5, 0.6) is 0 Å². The number of aliphatic imine (C=N–C) groups is 1. The normalized spacial score (nSPS) is 24.5. The third-order valence-electron chi connectivity index (χ3n) is 5.70. The molecule has 2 N–H and O–H groups in total. The topological polar surface area (TPSA) is 73.6 Å². The Morgan fingerprint density at radius 1 is 1.25 bits per heavy atom. The predicted octanol–water partition coefficient (Wildman–Crippen LogP) is 0.463. The third-order valence-corrected chi connectivity index (χ3v) is 6.64. The molecule has 152 valence electrons. The van der Waals surface area contributed by atoms with E-state index in [2.05, 4.69) is 48.1 Å². The van der Waals surface area contributed by atoms with Crippen molar-refractivity contribution < 1.29 is 0 Å². The van der Waals surface area contributed by atoms with Crippen molar-refractivity contribution in [2.24, 2.45) is 12.0 Å². The lowest BCUT2D eigenvalue weighted by Crippen LogP contribution is -2.63. The summed E-state index contributed by atoms with van der Waals surface area (Å²) in [5, 5.41) is 17.5. The molecular weight excluding hydrogens is 372 g/mol. The van der Waals surface area contributed by atoms with Crippen molar-refractivity contribution in [3.8, 4) is 0 Å². The third kappa shape index (κ3) is 4.71. The van der Waals surface area contributed by atoms with Gasteiger partial charge in [0.05, 0.1) is 0 Å². The monoisotopic (exact) mass is 402 g/mol. The van der Waals surface area contributed by atoms with E-state index in [4.69, 9.17) is 4.99 Å². The molecule has 0 spiro atoms. The summed E-state index contributed by atoms with van der Waals surface area (Å²) in [4.78, 5) is 11.3. The summed E-state index contributed by atoms with van der Waals surface area (Å²) >= 11 is 1.80. The Kier molecular flexibility index (Phi) is 6.23. The highest BCUT2D eigenvalue weighted by molar-refractivity contribution is 7.09. The lowest BCUT2D eigenvalue weighted by atomic mass is 10.1. The first kappa shape index (κ1) is 19.4. The molecule has 8 nitrogen and oxygen atoms in total. The van der Waals surface area contributed by atoms with Crippen LogP contribution in [0, 0.1) is 6.92 Å². The molecule has 5 rings (SSSR count). The van der Waals surface area contributed by atoms with E-state index in [0.29, 0.717) is 12.6 Å². The molecule has 0 radical (unpaired) electrons. The average molecular weight is 403 g/mol. The van der Waals surface area contributed by atoms with Gasteiger partial charge in [0.2, 0.25) is 0 Å². The molecule has 5 heterocycles. The quantitative estimate of drug-likeness (QED) is 0.518. The van der Waals surface area contributed by atoms with Crippen molar-refractivity contribution in [1.82, 2.24) is 35.2 Å². The maximum absolute atomic E-state index is 4.78. The van der Waals surface area contributed by atoms with Crippen molar-refractivity contribution in [3.63, 3.8) is 0 Å². The van der Waals surface area contributed by atoms with Crippen LogP contribution in [0.15, 0.2) is 22.5 Å². The first-order valence-electron chi connectivity index (χ1n) is 10.0. The Bertz CT molecular complexity index is 776.